The molecule has 0 heterocycles. The van der Waals surface area contributed by atoms with Gasteiger partial charge in [0.15, 0.2) is 11.5 Å². The van der Waals surface area contributed by atoms with Crippen molar-refractivity contribution in [3.8, 4) is 11.5 Å². The van der Waals surface area contributed by atoms with Gasteiger partial charge >= 0.3 is 10.1 Å². The molecular formula is C9H11BrO4S. The number of hydrogen-bond donors (Lipinski definition) is 0. The van der Waals surface area contributed by atoms with Crippen LogP contribution in [0.4, 0.5) is 0 Å². The summed E-state index contributed by atoms with van der Waals surface area (Å²) in [6, 6.07) is 3.26. The Morgan fingerprint density at radius 3 is 2.33 bits per heavy atom. The van der Waals surface area contributed by atoms with E-state index in [0.29, 0.717) is 5.75 Å². The fourth-order valence-corrected chi connectivity index (χ4v) is 1.80. The van der Waals surface area contributed by atoms with Gasteiger partial charge in [-0.15, -0.1) is 0 Å². The van der Waals surface area contributed by atoms with Crippen molar-refractivity contribution in [3.05, 3.63) is 22.2 Å². The van der Waals surface area contributed by atoms with Gasteiger partial charge in [-0.3, -0.25) is 0 Å². The van der Waals surface area contributed by atoms with Gasteiger partial charge < -0.3 is 8.92 Å². The first kappa shape index (κ1) is 12.3. The molecule has 0 aliphatic heterocycles. The molecule has 0 fully saturated rings. The summed E-state index contributed by atoms with van der Waals surface area (Å²) in [6.45, 7) is 1.83. The molecule has 0 unspecified atom stereocenters. The van der Waals surface area contributed by atoms with Crippen LogP contribution in [-0.4, -0.2) is 21.8 Å². The first-order valence-electron chi connectivity index (χ1n) is 4.07. The molecule has 0 aliphatic rings. The molecule has 4 nitrogen and oxygen atoms in total. The van der Waals surface area contributed by atoms with Crippen molar-refractivity contribution in [2.45, 2.75) is 6.92 Å². The van der Waals surface area contributed by atoms with E-state index in [-0.39, 0.29) is 5.75 Å². The van der Waals surface area contributed by atoms with Crippen LogP contribution in [0.25, 0.3) is 0 Å². The highest BCUT2D eigenvalue weighted by atomic mass is 79.9. The number of halogens is 1. The number of benzene rings is 1. The molecule has 0 bridgehead atoms. The van der Waals surface area contributed by atoms with Crippen LogP contribution in [-0.2, 0) is 10.1 Å². The van der Waals surface area contributed by atoms with Crippen LogP contribution in [0.3, 0.4) is 0 Å². The van der Waals surface area contributed by atoms with Crippen molar-refractivity contribution < 1.29 is 17.3 Å². The van der Waals surface area contributed by atoms with Gasteiger partial charge in [0.2, 0.25) is 0 Å². The van der Waals surface area contributed by atoms with Crippen molar-refractivity contribution in [1.82, 2.24) is 0 Å². The lowest BCUT2D eigenvalue weighted by atomic mass is 10.2. The van der Waals surface area contributed by atoms with E-state index in [1.807, 2.05) is 6.92 Å². The summed E-state index contributed by atoms with van der Waals surface area (Å²) in [7, 11) is -2.08. The summed E-state index contributed by atoms with van der Waals surface area (Å²) < 4.78 is 32.6. The average Bonchev–Trinajstić information content (AvgIpc) is 2.08. The third-order valence-corrected chi connectivity index (χ3v) is 3.02. The summed E-state index contributed by atoms with van der Waals surface area (Å²) in [5, 5.41) is 0. The quantitative estimate of drug-likeness (QED) is 0.801. The Labute approximate surface area is 97.5 Å². The van der Waals surface area contributed by atoms with Crippen molar-refractivity contribution in [2.24, 2.45) is 0 Å². The molecule has 6 heteroatoms. The third kappa shape index (κ3) is 3.39. The minimum Gasteiger partial charge on any atom is -0.493 e. The summed E-state index contributed by atoms with van der Waals surface area (Å²) in [6.07, 6.45) is 0.990. The summed E-state index contributed by atoms with van der Waals surface area (Å²) in [5.41, 5.74) is 0.870. The Balaban J connectivity index is 3.22. The van der Waals surface area contributed by atoms with Gasteiger partial charge in [0, 0.05) is 4.47 Å². The Hall–Kier alpha value is -0.750. The van der Waals surface area contributed by atoms with E-state index in [4.69, 9.17) is 8.92 Å². The van der Waals surface area contributed by atoms with Crippen molar-refractivity contribution >= 4 is 26.0 Å². The number of ether oxygens (including phenoxy) is 1. The van der Waals surface area contributed by atoms with Gasteiger partial charge in [-0.2, -0.15) is 8.42 Å². The van der Waals surface area contributed by atoms with E-state index < -0.39 is 10.1 Å². The first-order chi connectivity index (χ1) is 6.83. The summed E-state index contributed by atoms with van der Waals surface area (Å²) in [4.78, 5) is 0. The topological polar surface area (TPSA) is 52.6 Å². The zero-order chi connectivity index (χ0) is 11.6. The van der Waals surface area contributed by atoms with E-state index in [9.17, 15) is 8.42 Å². The molecule has 0 amide bonds. The number of rotatable bonds is 3. The van der Waals surface area contributed by atoms with Crippen LogP contribution >= 0.6 is 15.9 Å². The van der Waals surface area contributed by atoms with Gasteiger partial charge in [-0.25, -0.2) is 0 Å². The van der Waals surface area contributed by atoms with Crippen molar-refractivity contribution in [1.29, 1.82) is 0 Å². The molecule has 0 saturated carbocycles. The molecule has 1 aromatic rings. The van der Waals surface area contributed by atoms with E-state index in [0.717, 1.165) is 16.3 Å². The van der Waals surface area contributed by atoms with Gasteiger partial charge in [0.25, 0.3) is 0 Å². The second-order valence-corrected chi connectivity index (χ2v) is 5.47. The van der Waals surface area contributed by atoms with Crippen LogP contribution in [0.1, 0.15) is 5.56 Å². The highest BCUT2D eigenvalue weighted by Gasteiger charge is 2.12. The van der Waals surface area contributed by atoms with Gasteiger partial charge in [0.1, 0.15) is 0 Å². The van der Waals surface area contributed by atoms with Gasteiger partial charge in [0.05, 0.1) is 13.4 Å². The standard InChI is InChI=1S/C9H11BrO4S/c1-6-4-9(14-15(3,11)12)8(13-2)5-7(6)10/h4-5H,1-3H3. The van der Waals surface area contributed by atoms with Crippen molar-refractivity contribution in [3.63, 3.8) is 0 Å². The minimum absolute atomic E-state index is 0.195. The highest BCUT2D eigenvalue weighted by Crippen LogP contribution is 2.33. The van der Waals surface area contributed by atoms with Gasteiger partial charge in [-0.05, 0) is 24.6 Å². The molecule has 0 aliphatic carbocycles. The zero-order valence-corrected chi connectivity index (χ0v) is 11.0. The van der Waals surface area contributed by atoms with Crippen LogP contribution in [0, 0.1) is 6.92 Å². The average molecular weight is 295 g/mol. The van der Waals surface area contributed by atoms with E-state index in [2.05, 4.69) is 15.9 Å². The highest BCUT2D eigenvalue weighted by molar-refractivity contribution is 9.10. The van der Waals surface area contributed by atoms with E-state index in [1.54, 1.807) is 12.1 Å². The monoisotopic (exact) mass is 294 g/mol. The van der Waals surface area contributed by atoms with Crippen molar-refractivity contribution in [2.75, 3.05) is 13.4 Å². The molecule has 0 spiro atoms. The van der Waals surface area contributed by atoms with Gasteiger partial charge in [-0.1, -0.05) is 15.9 Å². The second kappa shape index (κ2) is 4.40. The summed E-state index contributed by atoms with van der Waals surface area (Å²) in [5.74, 6) is 0.568. The van der Waals surface area contributed by atoms with Crippen LogP contribution < -0.4 is 8.92 Å². The smallest absolute Gasteiger partial charge is 0.306 e. The normalized spacial score (nSPS) is 11.2. The third-order valence-electron chi connectivity index (χ3n) is 1.69. The maximum absolute atomic E-state index is 11.0. The Morgan fingerprint density at radius 2 is 1.87 bits per heavy atom. The molecule has 0 saturated heterocycles. The molecule has 0 radical (unpaired) electrons. The Morgan fingerprint density at radius 1 is 1.27 bits per heavy atom. The largest absolute Gasteiger partial charge is 0.493 e. The molecule has 0 N–H and O–H groups in total. The van der Waals surface area contributed by atoms with E-state index in [1.165, 1.54) is 7.11 Å². The maximum Gasteiger partial charge on any atom is 0.306 e. The summed E-state index contributed by atoms with van der Waals surface area (Å²) >= 11 is 3.32. The Bertz CT molecular complexity index is 467. The Kier molecular flexibility index (Phi) is 3.62. The molecule has 0 atom stereocenters. The predicted octanol–water partition coefficient (Wildman–Crippen LogP) is 2.10. The lowest BCUT2D eigenvalue weighted by Crippen LogP contribution is -2.07. The number of hydrogen-bond acceptors (Lipinski definition) is 4. The zero-order valence-electron chi connectivity index (χ0n) is 8.57. The number of methoxy groups -OCH3 is 1. The fraction of sp³-hybridized carbons (Fsp3) is 0.333. The molecular weight excluding hydrogens is 284 g/mol. The molecule has 84 valence electrons. The molecule has 1 aromatic carbocycles. The predicted molar refractivity (Wildman–Crippen MR) is 60.9 cm³/mol. The maximum atomic E-state index is 11.0. The lowest BCUT2D eigenvalue weighted by Gasteiger charge is -2.10. The van der Waals surface area contributed by atoms with E-state index >= 15 is 0 Å². The first-order valence-corrected chi connectivity index (χ1v) is 6.68. The number of aryl methyl sites for hydroxylation is 1. The van der Waals surface area contributed by atoms with Crippen LogP contribution in [0.15, 0.2) is 16.6 Å². The molecule has 15 heavy (non-hydrogen) atoms. The fourth-order valence-electron chi connectivity index (χ4n) is 1.02. The minimum atomic E-state index is -3.53. The lowest BCUT2D eigenvalue weighted by molar-refractivity contribution is 0.391. The molecule has 0 aromatic heterocycles. The SMILES string of the molecule is COc1cc(Br)c(C)cc1OS(C)(=O)=O. The van der Waals surface area contributed by atoms with Crippen LogP contribution in [0.5, 0.6) is 11.5 Å². The van der Waals surface area contributed by atoms with Crippen LogP contribution in [0.2, 0.25) is 0 Å². The molecule has 1 rings (SSSR count). The second-order valence-electron chi connectivity index (χ2n) is 3.04.